The minimum Gasteiger partial charge on any atom is -0.356 e. The molecule has 0 spiro atoms. The third-order valence-corrected chi connectivity index (χ3v) is 5.64. The molecule has 1 aliphatic rings. The van der Waals surface area contributed by atoms with E-state index in [1.165, 1.54) is 12.8 Å². The van der Waals surface area contributed by atoms with Gasteiger partial charge in [-0.05, 0) is 31.4 Å². The van der Waals surface area contributed by atoms with Crippen molar-refractivity contribution in [3.63, 3.8) is 0 Å². The van der Waals surface area contributed by atoms with Crippen LogP contribution in [0, 0.1) is 5.92 Å². The maximum Gasteiger partial charge on any atom is 0.224 e. The van der Waals surface area contributed by atoms with E-state index in [0.717, 1.165) is 55.6 Å². The summed E-state index contributed by atoms with van der Waals surface area (Å²) < 4.78 is 2.19. The number of carbonyl (C=O) groups excluding carboxylic acids is 2. The molecule has 1 aliphatic heterocycles. The van der Waals surface area contributed by atoms with Crippen LogP contribution in [0.4, 0.5) is 0 Å². The van der Waals surface area contributed by atoms with Gasteiger partial charge in [-0.2, -0.15) is 0 Å². The predicted octanol–water partition coefficient (Wildman–Crippen LogP) is 3.53. The second kappa shape index (κ2) is 10.4. The highest BCUT2D eigenvalue weighted by molar-refractivity contribution is 5.78. The fourth-order valence-corrected chi connectivity index (χ4v) is 3.91. The quantitative estimate of drug-likeness (QED) is 0.692. The first kappa shape index (κ1) is 21.3. The number of benzene rings is 1. The Balaban J connectivity index is 1.63. The topological polar surface area (TPSA) is 67.2 Å². The zero-order valence-corrected chi connectivity index (χ0v) is 17.8. The number of para-hydroxylation sites is 2. The molecule has 0 atom stereocenters. The summed E-state index contributed by atoms with van der Waals surface area (Å²) in [7, 11) is 0. The van der Waals surface area contributed by atoms with Crippen LogP contribution in [0.2, 0.25) is 0 Å². The van der Waals surface area contributed by atoms with E-state index in [1.807, 2.05) is 36.9 Å². The largest absolute Gasteiger partial charge is 0.356 e. The van der Waals surface area contributed by atoms with E-state index >= 15 is 0 Å². The van der Waals surface area contributed by atoms with E-state index in [0.29, 0.717) is 19.5 Å². The summed E-state index contributed by atoms with van der Waals surface area (Å²) in [6, 6.07) is 8.10. The van der Waals surface area contributed by atoms with Crippen molar-refractivity contribution in [2.75, 3.05) is 19.6 Å². The highest BCUT2D eigenvalue weighted by atomic mass is 16.2. The maximum absolute atomic E-state index is 12.7. The molecule has 6 nitrogen and oxygen atoms in total. The summed E-state index contributed by atoms with van der Waals surface area (Å²) in [5, 5.41) is 2.97. The maximum atomic E-state index is 12.7. The summed E-state index contributed by atoms with van der Waals surface area (Å²) in [4.78, 5) is 31.3. The van der Waals surface area contributed by atoms with Gasteiger partial charge >= 0.3 is 0 Å². The van der Waals surface area contributed by atoms with Crippen molar-refractivity contribution in [1.82, 2.24) is 19.8 Å². The number of hydrogen-bond donors (Lipinski definition) is 1. The molecule has 3 rings (SSSR count). The molecular formula is C23H34N4O2. The second-order valence-electron chi connectivity index (χ2n) is 8.26. The number of fused-ring (bicyclic) bond motifs is 1. The Morgan fingerprint density at radius 1 is 1.10 bits per heavy atom. The van der Waals surface area contributed by atoms with Crippen LogP contribution in [0.25, 0.3) is 11.0 Å². The molecule has 6 heteroatoms. The summed E-state index contributed by atoms with van der Waals surface area (Å²) >= 11 is 0. The van der Waals surface area contributed by atoms with E-state index in [1.54, 1.807) is 0 Å². The molecule has 1 aromatic heterocycles. The number of aromatic nitrogens is 2. The lowest BCUT2D eigenvalue weighted by Crippen LogP contribution is -2.32. The van der Waals surface area contributed by atoms with Crippen molar-refractivity contribution < 1.29 is 9.59 Å². The fourth-order valence-electron chi connectivity index (χ4n) is 3.91. The summed E-state index contributed by atoms with van der Waals surface area (Å²) in [6.07, 6.45) is 6.82. The number of likely N-dealkylation sites (tertiary alicyclic amines) is 1. The molecule has 0 aliphatic carbocycles. The van der Waals surface area contributed by atoms with Crippen LogP contribution in [0.1, 0.15) is 58.2 Å². The second-order valence-corrected chi connectivity index (χ2v) is 8.26. The normalized spacial score (nSPS) is 14.9. The van der Waals surface area contributed by atoms with Gasteiger partial charge in [0.15, 0.2) is 0 Å². The number of nitrogens with one attached hydrogen (secondary N) is 1. The van der Waals surface area contributed by atoms with Crippen molar-refractivity contribution in [3.8, 4) is 0 Å². The fraction of sp³-hybridized carbons (Fsp3) is 0.609. The number of amides is 2. The molecule has 0 radical (unpaired) electrons. The van der Waals surface area contributed by atoms with Gasteiger partial charge in [0.05, 0.1) is 11.0 Å². The minimum atomic E-state index is 0.00424. The van der Waals surface area contributed by atoms with Gasteiger partial charge in [-0.25, -0.2) is 4.98 Å². The summed E-state index contributed by atoms with van der Waals surface area (Å²) in [5.41, 5.74) is 2.05. The van der Waals surface area contributed by atoms with E-state index in [9.17, 15) is 9.59 Å². The van der Waals surface area contributed by atoms with Crippen LogP contribution in [0.3, 0.4) is 0 Å². The van der Waals surface area contributed by atoms with E-state index in [4.69, 9.17) is 4.98 Å². The van der Waals surface area contributed by atoms with Gasteiger partial charge in [-0.1, -0.05) is 38.8 Å². The van der Waals surface area contributed by atoms with Crippen molar-refractivity contribution in [3.05, 3.63) is 30.1 Å². The van der Waals surface area contributed by atoms with E-state index in [2.05, 4.69) is 16.0 Å². The van der Waals surface area contributed by atoms with E-state index in [-0.39, 0.29) is 17.7 Å². The molecule has 1 saturated heterocycles. The summed E-state index contributed by atoms with van der Waals surface area (Å²) in [6.45, 7) is 6.89. The van der Waals surface area contributed by atoms with Crippen LogP contribution >= 0.6 is 0 Å². The lowest BCUT2D eigenvalue weighted by atomic mass is 10.2. The van der Waals surface area contributed by atoms with Crippen LogP contribution in [0.15, 0.2) is 24.3 Å². The highest BCUT2D eigenvalue weighted by Gasteiger charge is 2.17. The number of imidazole rings is 1. The Morgan fingerprint density at radius 2 is 1.83 bits per heavy atom. The Hall–Kier alpha value is -2.37. The molecule has 1 aromatic carbocycles. The number of carbonyl (C=O) groups is 2. The Bertz CT molecular complexity index is 819. The minimum absolute atomic E-state index is 0.00424. The monoisotopic (exact) mass is 398 g/mol. The van der Waals surface area contributed by atoms with Crippen molar-refractivity contribution in [2.24, 2.45) is 5.92 Å². The first-order valence-corrected chi connectivity index (χ1v) is 11.1. The molecule has 1 fully saturated rings. The lowest BCUT2D eigenvalue weighted by molar-refractivity contribution is -0.131. The average Bonchev–Trinajstić information content (AvgIpc) is 2.87. The van der Waals surface area contributed by atoms with Gasteiger partial charge in [-0.15, -0.1) is 0 Å². The number of nitrogens with zero attached hydrogens (tertiary/aromatic N) is 3. The molecule has 0 bridgehead atoms. The molecule has 0 saturated carbocycles. The predicted molar refractivity (Wildman–Crippen MR) is 116 cm³/mol. The standard InChI is InChI=1S/C23H34N4O2/c1-18(2)23(29)24-14-9-12-21-25-19-10-5-6-11-20(19)27(21)17-13-22(28)26-15-7-3-4-8-16-26/h5-6,10-11,18H,3-4,7-9,12-17H2,1-2H3,(H,24,29). The molecule has 2 heterocycles. The first-order valence-electron chi connectivity index (χ1n) is 11.1. The molecule has 0 unspecified atom stereocenters. The zero-order valence-electron chi connectivity index (χ0n) is 17.8. The van der Waals surface area contributed by atoms with Gasteiger partial charge < -0.3 is 14.8 Å². The van der Waals surface area contributed by atoms with Crippen LogP contribution < -0.4 is 5.32 Å². The van der Waals surface area contributed by atoms with Gasteiger partial charge in [-0.3, -0.25) is 9.59 Å². The Labute approximate surface area is 173 Å². The number of hydrogen-bond acceptors (Lipinski definition) is 3. The van der Waals surface area contributed by atoms with Crippen molar-refractivity contribution in [2.45, 2.75) is 65.3 Å². The smallest absolute Gasteiger partial charge is 0.224 e. The third kappa shape index (κ3) is 5.81. The molecule has 1 N–H and O–H groups in total. The highest BCUT2D eigenvalue weighted by Crippen LogP contribution is 2.18. The van der Waals surface area contributed by atoms with Crippen molar-refractivity contribution >= 4 is 22.8 Å². The number of rotatable bonds is 8. The van der Waals surface area contributed by atoms with Gasteiger partial charge in [0.1, 0.15) is 5.82 Å². The lowest BCUT2D eigenvalue weighted by Gasteiger charge is -2.20. The zero-order chi connectivity index (χ0) is 20.6. The van der Waals surface area contributed by atoms with Gasteiger partial charge in [0, 0.05) is 44.9 Å². The average molecular weight is 399 g/mol. The Kier molecular flexibility index (Phi) is 7.67. The molecule has 158 valence electrons. The molecule has 29 heavy (non-hydrogen) atoms. The van der Waals surface area contributed by atoms with Crippen LogP contribution in [-0.4, -0.2) is 45.9 Å². The third-order valence-electron chi connectivity index (χ3n) is 5.64. The van der Waals surface area contributed by atoms with Crippen LogP contribution in [0.5, 0.6) is 0 Å². The molecule has 2 amide bonds. The molecule has 2 aromatic rings. The van der Waals surface area contributed by atoms with Crippen LogP contribution in [-0.2, 0) is 22.6 Å². The van der Waals surface area contributed by atoms with Crippen molar-refractivity contribution in [1.29, 1.82) is 0 Å². The summed E-state index contributed by atoms with van der Waals surface area (Å²) in [5.74, 6) is 1.33. The SMILES string of the molecule is CC(C)C(=O)NCCCc1nc2ccccc2n1CCC(=O)N1CCCCCC1. The molecular weight excluding hydrogens is 364 g/mol. The Morgan fingerprint density at radius 3 is 2.55 bits per heavy atom. The van der Waals surface area contributed by atoms with Gasteiger partial charge in [0.2, 0.25) is 11.8 Å². The van der Waals surface area contributed by atoms with E-state index < -0.39 is 0 Å². The first-order chi connectivity index (χ1) is 14.1. The number of aryl methyl sites for hydroxylation is 2. The van der Waals surface area contributed by atoms with Gasteiger partial charge in [0.25, 0.3) is 0 Å².